The van der Waals surface area contributed by atoms with Crippen LogP contribution in [-0.4, -0.2) is 36.1 Å². The van der Waals surface area contributed by atoms with Gasteiger partial charge in [-0.2, -0.15) is 0 Å². The SMILES string of the molecule is CNC1CCCN(c2c([N+](=O)[O-])cnc3ccc(Br)cc23)C1. The fourth-order valence-corrected chi connectivity index (χ4v) is 3.38. The number of likely N-dealkylation sites (N-methyl/N-ethyl adjacent to an activating group) is 1. The van der Waals surface area contributed by atoms with Crippen LogP contribution in [0.25, 0.3) is 10.9 Å². The Morgan fingerprint density at radius 3 is 3.05 bits per heavy atom. The smallest absolute Gasteiger partial charge is 0.311 e. The number of hydrogen-bond donors (Lipinski definition) is 1. The number of pyridine rings is 1. The van der Waals surface area contributed by atoms with E-state index < -0.39 is 0 Å². The zero-order valence-corrected chi connectivity index (χ0v) is 13.8. The van der Waals surface area contributed by atoms with Gasteiger partial charge < -0.3 is 10.2 Å². The van der Waals surface area contributed by atoms with Crippen LogP contribution in [0.2, 0.25) is 0 Å². The summed E-state index contributed by atoms with van der Waals surface area (Å²) in [4.78, 5) is 17.5. The number of fused-ring (bicyclic) bond motifs is 1. The largest absolute Gasteiger partial charge is 0.364 e. The number of hydrogen-bond acceptors (Lipinski definition) is 5. The lowest BCUT2D eigenvalue weighted by Gasteiger charge is -2.34. The van der Waals surface area contributed by atoms with E-state index in [0.29, 0.717) is 11.7 Å². The van der Waals surface area contributed by atoms with Gasteiger partial charge in [0.15, 0.2) is 0 Å². The molecule has 116 valence electrons. The maximum Gasteiger partial charge on any atom is 0.311 e. The molecule has 1 saturated heterocycles. The summed E-state index contributed by atoms with van der Waals surface area (Å²) < 4.78 is 0.894. The molecule has 0 amide bonds. The molecule has 2 heterocycles. The minimum atomic E-state index is -0.342. The molecule has 1 aliphatic heterocycles. The van der Waals surface area contributed by atoms with Crippen LogP contribution in [0.3, 0.4) is 0 Å². The fourth-order valence-electron chi connectivity index (χ4n) is 3.02. The Hall–Kier alpha value is -1.73. The Morgan fingerprint density at radius 1 is 1.50 bits per heavy atom. The Kier molecular flexibility index (Phi) is 4.26. The first kappa shape index (κ1) is 15.2. The lowest BCUT2D eigenvalue weighted by atomic mass is 10.0. The van der Waals surface area contributed by atoms with E-state index in [4.69, 9.17) is 0 Å². The molecule has 2 aromatic rings. The van der Waals surface area contributed by atoms with Gasteiger partial charge in [-0.1, -0.05) is 15.9 Å². The summed E-state index contributed by atoms with van der Waals surface area (Å²) in [7, 11) is 1.93. The molecular weight excluding hydrogens is 348 g/mol. The van der Waals surface area contributed by atoms with Gasteiger partial charge in [-0.3, -0.25) is 10.1 Å². The molecule has 6 nitrogen and oxygen atoms in total. The van der Waals surface area contributed by atoms with Gasteiger partial charge in [0.25, 0.3) is 0 Å². The van der Waals surface area contributed by atoms with E-state index in [2.05, 4.69) is 31.1 Å². The molecule has 7 heteroatoms. The van der Waals surface area contributed by atoms with Crippen LogP contribution >= 0.6 is 15.9 Å². The average Bonchev–Trinajstić information content (AvgIpc) is 2.53. The Balaban J connectivity index is 2.17. The molecule has 1 unspecified atom stereocenters. The van der Waals surface area contributed by atoms with E-state index in [1.807, 2.05) is 25.2 Å². The number of benzene rings is 1. The standard InChI is InChI=1S/C15H17BrN4O2/c1-17-11-3-2-6-19(9-11)15-12-7-10(16)4-5-13(12)18-8-14(15)20(21)22/h4-5,7-8,11,17H,2-3,6,9H2,1H3. The summed E-state index contributed by atoms with van der Waals surface area (Å²) in [6, 6.07) is 6.04. The number of halogens is 1. The molecule has 1 fully saturated rings. The average molecular weight is 365 g/mol. The summed E-state index contributed by atoms with van der Waals surface area (Å²) in [5.41, 5.74) is 1.52. The third-order valence-electron chi connectivity index (χ3n) is 4.12. The number of aromatic nitrogens is 1. The van der Waals surface area contributed by atoms with Crippen molar-refractivity contribution in [3.63, 3.8) is 0 Å². The van der Waals surface area contributed by atoms with Crippen molar-refractivity contribution in [3.05, 3.63) is 39.0 Å². The highest BCUT2D eigenvalue weighted by molar-refractivity contribution is 9.10. The number of piperidine rings is 1. The van der Waals surface area contributed by atoms with Gasteiger partial charge in [-0.05, 0) is 38.1 Å². The van der Waals surface area contributed by atoms with E-state index in [0.717, 1.165) is 41.3 Å². The van der Waals surface area contributed by atoms with Crippen LogP contribution in [-0.2, 0) is 0 Å². The van der Waals surface area contributed by atoms with Crippen LogP contribution < -0.4 is 10.2 Å². The quantitative estimate of drug-likeness (QED) is 0.669. The van der Waals surface area contributed by atoms with E-state index in [9.17, 15) is 10.1 Å². The van der Waals surface area contributed by atoms with E-state index >= 15 is 0 Å². The fraction of sp³-hybridized carbons (Fsp3) is 0.400. The second kappa shape index (κ2) is 6.18. The maximum absolute atomic E-state index is 11.5. The van der Waals surface area contributed by atoms with Crippen LogP contribution in [0.5, 0.6) is 0 Å². The second-order valence-corrected chi connectivity index (χ2v) is 6.40. The molecule has 0 aliphatic carbocycles. The summed E-state index contributed by atoms with van der Waals surface area (Å²) in [6.45, 7) is 1.59. The molecule has 0 bridgehead atoms. The highest BCUT2D eigenvalue weighted by atomic mass is 79.9. The zero-order valence-electron chi connectivity index (χ0n) is 12.3. The predicted octanol–water partition coefficient (Wildman–Crippen LogP) is 3.09. The van der Waals surface area contributed by atoms with Crippen LogP contribution in [0.4, 0.5) is 11.4 Å². The molecule has 0 radical (unpaired) electrons. The van der Waals surface area contributed by atoms with E-state index in [-0.39, 0.29) is 10.6 Å². The summed E-state index contributed by atoms with van der Waals surface area (Å²) in [5, 5.41) is 15.6. The van der Waals surface area contributed by atoms with Crippen molar-refractivity contribution in [2.45, 2.75) is 18.9 Å². The van der Waals surface area contributed by atoms with Crippen molar-refractivity contribution >= 4 is 38.2 Å². The number of nitro groups is 1. The van der Waals surface area contributed by atoms with Gasteiger partial charge in [-0.25, -0.2) is 4.98 Å². The zero-order chi connectivity index (χ0) is 15.7. The Labute approximate surface area is 136 Å². The molecule has 3 rings (SSSR count). The van der Waals surface area contributed by atoms with Crippen LogP contribution in [0, 0.1) is 10.1 Å². The molecule has 0 spiro atoms. The first-order valence-electron chi connectivity index (χ1n) is 7.25. The van der Waals surface area contributed by atoms with Crippen LogP contribution in [0.15, 0.2) is 28.9 Å². The Bertz CT molecular complexity index is 722. The van der Waals surface area contributed by atoms with Gasteiger partial charge in [0, 0.05) is 29.0 Å². The van der Waals surface area contributed by atoms with E-state index in [1.54, 1.807) is 0 Å². The number of nitrogens with one attached hydrogen (secondary N) is 1. The lowest BCUT2D eigenvalue weighted by molar-refractivity contribution is -0.384. The minimum Gasteiger partial charge on any atom is -0.364 e. The highest BCUT2D eigenvalue weighted by Gasteiger charge is 2.27. The summed E-state index contributed by atoms with van der Waals surface area (Å²) in [6.07, 6.45) is 3.47. The molecular formula is C15H17BrN4O2. The topological polar surface area (TPSA) is 71.3 Å². The molecule has 1 aromatic heterocycles. The van der Waals surface area contributed by atoms with Gasteiger partial charge >= 0.3 is 5.69 Å². The monoisotopic (exact) mass is 364 g/mol. The first-order chi connectivity index (χ1) is 10.6. The number of anilines is 1. The van der Waals surface area contributed by atoms with Crippen molar-refractivity contribution in [3.8, 4) is 0 Å². The molecule has 0 saturated carbocycles. The second-order valence-electron chi connectivity index (χ2n) is 5.48. The first-order valence-corrected chi connectivity index (χ1v) is 8.04. The van der Waals surface area contributed by atoms with Crippen molar-refractivity contribution < 1.29 is 4.92 Å². The Morgan fingerprint density at radius 2 is 2.32 bits per heavy atom. The number of nitrogens with zero attached hydrogens (tertiary/aromatic N) is 3. The van der Waals surface area contributed by atoms with Crippen molar-refractivity contribution in [1.82, 2.24) is 10.3 Å². The molecule has 1 aliphatic rings. The molecule has 1 atom stereocenters. The van der Waals surface area contributed by atoms with Gasteiger partial charge in [-0.15, -0.1) is 0 Å². The normalized spacial score (nSPS) is 18.6. The highest BCUT2D eigenvalue weighted by Crippen LogP contribution is 2.37. The third-order valence-corrected chi connectivity index (χ3v) is 4.62. The van der Waals surface area contributed by atoms with Crippen molar-refractivity contribution in [1.29, 1.82) is 0 Å². The maximum atomic E-state index is 11.5. The summed E-state index contributed by atoms with van der Waals surface area (Å²) >= 11 is 3.45. The molecule has 1 N–H and O–H groups in total. The predicted molar refractivity (Wildman–Crippen MR) is 90.4 cm³/mol. The minimum absolute atomic E-state index is 0.0716. The molecule has 22 heavy (non-hydrogen) atoms. The van der Waals surface area contributed by atoms with Gasteiger partial charge in [0.2, 0.25) is 0 Å². The van der Waals surface area contributed by atoms with Crippen LogP contribution in [0.1, 0.15) is 12.8 Å². The lowest BCUT2D eigenvalue weighted by Crippen LogP contribution is -2.44. The van der Waals surface area contributed by atoms with E-state index in [1.165, 1.54) is 6.20 Å². The van der Waals surface area contributed by atoms with Crippen molar-refractivity contribution in [2.75, 3.05) is 25.0 Å². The number of rotatable bonds is 3. The molecule has 1 aromatic carbocycles. The third kappa shape index (κ3) is 2.78. The van der Waals surface area contributed by atoms with Crippen molar-refractivity contribution in [2.24, 2.45) is 0 Å². The van der Waals surface area contributed by atoms with Gasteiger partial charge in [0.1, 0.15) is 11.9 Å². The van der Waals surface area contributed by atoms with Gasteiger partial charge in [0.05, 0.1) is 10.4 Å². The summed E-state index contributed by atoms with van der Waals surface area (Å²) in [5.74, 6) is 0.